The maximum atomic E-state index is 13.0. The third kappa shape index (κ3) is 7.62. The van der Waals surface area contributed by atoms with Crippen LogP contribution in [0.3, 0.4) is 0 Å². The fourth-order valence-electron chi connectivity index (χ4n) is 4.39. The maximum absolute atomic E-state index is 13.0. The number of amides is 2. The van der Waals surface area contributed by atoms with Crippen molar-refractivity contribution in [2.45, 2.75) is 24.9 Å². The molecule has 4 rings (SSSR count). The van der Waals surface area contributed by atoms with Gasteiger partial charge in [-0.2, -0.15) is 0 Å². The van der Waals surface area contributed by atoms with Crippen LogP contribution in [0.5, 0.6) is 0 Å². The molecular weight excluding hydrogens is 534 g/mol. The first kappa shape index (κ1) is 28.2. The first-order chi connectivity index (χ1) is 19.1. The molecule has 0 aliphatic carbocycles. The van der Waals surface area contributed by atoms with Crippen LogP contribution in [0.1, 0.15) is 11.1 Å². The van der Waals surface area contributed by atoms with Crippen molar-refractivity contribution in [1.29, 1.82) is 0 Å². The molecule has 0 saturated carbocycles. The molecule has 204 valence electrons. The van der Waals surface area contributed by atoms with Gasteiger partial charge in [-0.15, -0.1) is 22.7 Å². The van der Waals surface area contributed by atoms with E-state index < -0.39 is 12.2 Å². The number of ether oxygens (including phenoxy) is 2. The summed E-state index contributed by atoms with van der Waals surface area (Å²) in [6.45, 7) is 0.899. The molecule has 0 saturated heterocycles. The third-order valence-corrected chi connectivity index (χ3v) is 7.72. The van der Waals surface area contributed by atoms with Crippen LogP contribution in [-0.2, 0) is 22.3 Å². The molecule has 0 radical (unpaired) electrons. The van der Waals surface area contributed by atoms with Crippen molar-refractivity contribution in [3.8, 4) is 0 Å². The summed E-state index contributed by atoms with van der Waals surface area (Å²) in [6.07, 6.45) is 3.62. The Kier molecular flexibility index (Phi) is 10.4. The molecule has 2 aromatic carbocycles. The van der Waals surface area contributed by atoms with Crippen molar-refractivity contribution >= 4 is 44.9 Å². The second-order valence-corrected chi connectivity index (χ2v) is 10.4. The lowest BCUT2D eigenvalue weighted by atomic mass is 10.0. The standard InChI is InChI=1S/C28H31N5O4S2/c1-36-27(34)32(25-17-30-19-38-25)23(13-21-9-5-3-6-10-21)15-29-16-24(14-22-11-7-4-8-12-22)33(28(35)37-2)26-18-31-20-39-26/h3-12,17-20,23-24,29H,13-16H2,1-2H3/t23-,24-/m0/s1. The van der Waals surface area contributed by atoms with Gasteiger partial charge >= 0.3 is 12.2 Å². The van der Waals surface area contributed by atoms with Crippen molar-refractivity contribution in [1.82, 2.24) is 15.3 Å². The van der Waals surface area contributed by atoms with Crippen LogP contribution < -0.4 is 15.1 Å². The van der Waals surface area contributed by atoms with E-state index in [1.807, 2.05) is 60.7 Å². The van der Waals surface area contributed by atoms with Crippen molar-refractivity contribution < 1.29 is 19.1 Å². The third-order valence-electron chi connectivity index (χ3n) is 6.17. The van der Waals surface area contributed by atoms with Crippen LogP contribution in [0.25, 0.3) is 0 Å². The second kappa shape index (κ2) is 14.4. The van der Waals surface area contributed by atoms with Gasteiger partial charge in [-0.1, -0.05) is 60.7 Å². The normalized spacial score (nSPS) is 12.4. The Morgan fingerprint density at radius 2 is 1.15 bits per heavy atom. The lowest BCUT2D eigenvalue weighted by molar-refractivity contribution is 0.175. The molecule has 0 unspecified atom stereocenters. The van der Waals surface area contributed by atoms with Crippen LogP contribution in [0.2, 0.25) is 0 Å². The molecule has 0 bridgehead atoms. The number of methoxy groups -OCH3 is 2. The molecule has 2 heterocycles. The SMILES string of the molecule is COC(=O)N(c1cncs1)[C@H](CNC[C@H](Cc1ccccc1)N(C(=O)OC)c1cncs1)Cc1ccccc1. The van der Waals surface area contributed by atoms with Gasteiger partial charge in [0.05, 0.1) is 49.7 Å². The minimum atomic E-state index is -0.455. The number of hydrogen-bond acceptors (Lipinski definition) is 9. The summed E-state index contributed by atoms with van der Waals surface area (Å²) >= 11 is 2.75. The molecule has 1 N–H and O–H groups in total. The van der Waals surface area contributed by atoms with E-state index in [0.29, 0.717) is 35.9 Å². The summed E-state index contributed by atoms with van der Waals surface area (Å²) in [7, 11) is 2.76. The first-order valence-corrected chi connectivity index (χ1v) is 14.2. The molecule has 0 aliphatic heterocycles. The first-order valence-electron chi connectivity index (χ1n) is 12.4. The molecule has 0 fully saturated rings. The lowest BCUT2D eigenvalue weighted by Crippen LogP contribution is -2.51. The number of aromatic nitrogens is 2. The summed E-state index contributed by atoms with van der Waals surface area (Å²) in [6, 6.07) is 19.5. The van der Waals surface area contributed by atoms with E-state index in [-0.39, 0.29) is 12.1 Å². The van der Waals surface area contributed by atoms with Gasteiger partial charge in [0.15, 0.2) is 0 Å². The molecule has 39 heavy (non-hydrogen) atoms. The Balaban J connectivity index is 1.59. The van der Waals surface area contributed by atoms with E-state index in [9.17, 15) is 9.59 Å². The summed E-state index contributed by atoms with van der Waals surface area (Å²) in [5, 5.41) is 4.94. The van der Waals surface area contributed by atoms with Crippen molar-refractivity contribution in [3.63, 3.8) is 0 Å². The van der Waals surface area contributed by atoms with Crippen molar-refractivity contribution in [3.05, 3.63) is 95.2 Å². The van der Waals surface area contributed by atoms with Gasteiger partial charge < -0.3 is 14.8 Å². The van der Waals surface area contributed by atoms with Crippen LogP contribution in [0.4, 0.5) is 19.6 Å². The Morgan fingerprint density at radius 3 is 1.49 bits per heavy atom. The second-order valence-electron chi connectivity index (χ2n) is 8.70. The quantitative estimate of drug-likeness (QED) is 0.250. The number of hydrogen-bond donors (Lipinski definition) is 1. The zero-order valence-corrected chi connectivity index (χ0v) is 23.4. The largest absolute Gasteiger partial charge is 0.452 e. The van der Waals surface area contributed by atoms with E-state index in [0.717, 1.165) is 11.1 Å². The predicted molar refractivity (Wildman–Crippen MR) is 155 cm³/mol. The molecule has 9 nitrogen and oxygen atoms in total. The van der Waals surface area contributed by atoms with Crippen LogP contribution >= 0.6 is 22.7 Å². The Morgan fingerprint density at radius 1 is 0.744 bits per heavy atom. The number of anilines is 2. The van der Waals surface area contributed by atoms with Gasteiger partial charge in [-0.25, -0.2) is 9.59 Å². The fraction of sp³-hybridized carbons (Fsp3) is 0.286. The number of nitrogens with one attached hydrogen (secondary N) is 1. The van der Waals surface area contributed by atoms with Crippen LogP contribution in [0, 0.1) is 0 Å². The molecule has 2 atom stereocenters. The highest BCUT2D eigenvalue weighted by Gasteiger charge is 2.30. The molecular formula is C28H31N5O4S2. The monoisotopic (exact) mass is 565 g/mol. The van der Waals surface area contributed by atoms with Gasteiger partial charge in [0.25, 0.3) is 0 Å². The van der Waals surface area contributed by atoms with Crippen LogP contribution in [0.15, 0.2) is 84.1 Å². The van der Waals surface area contributed by atoms with E-state index in [2.05, 4.69) is 15.3 Å². The number of thiazole rings is 2. The average Bonchev–Trinajstić information content (AvgIpc) is 3.69. The summed E-state index contributed by atoms with van der Waals surface area (Å²) in [5.41, 5.74) is 5.56. The van der Waals surface area contributed by atoms with E-state index in [1.54, 1.807) is 33.2 Å². The number of carbonyl (C=O) groups is 2. The summed E-state index contributed by atoms with van der Waals surface area (Å²) in [5.74, 6) is 0. The molecule has 0 spiro atoms. The highest BCUT2D eigenvalue weighted by Crippen LogP contribution is 2.26. The number of benzene rings is 2. The van der Waals surface area contributed by atoms with E-state index in [4.69, 9.17) is 9.47 Å². The Bertz CT molecular complexity index is 1170. The van der Waals surface area contributed by atoms with Gasteiger partial charge in [0.1, 0.15) is 10.0 Å². The highest BCUT2D eigenvalue weighted by molar-refractivity contribution is 7.14. The molecule has 2 amide bonds. The highest BCUT2D eigenvalue weighted by atomic mass is 32.1. The zero-order valence-electron chi connectivity index (χ0n) is 21.8. The minimum Gasteiger partial charge on any atom is -0.452 e. The molecule has 2 aromatic heterocycles. The maximum Gasteiger partial charge on any atom is 0.415 e. The average molecular weight is 566 g/mol. The summed E-state index contributed by atoms with van der Waals surface area (Å²) < 4.78 is 10.3. The van der Waals surface area contributed by atoms with Gasteiger partial charge in [0, 0.05) is 13.1 Å². The van der Waals surface area contributed by atoms with E-state index >= 15 is 0 Å². The van der Waals surface area contributed by atoms with Gasteiger partial charge in [0.2, 0.25) is 0 Å². The lowest BCUT2D eigenvalue weighted by Gasteiger charge is -2.32. The predicted octanol–water partition coefficient (Wildman–Crippen LogP) is 5.26. The number of rotatable bonds is 12. The van der Waals surface area contributed by atoms with Crippen LogP contribution in [-0.4, -0.2) is 61.5 Å². The van der Waals surface area contributed by atoms with Gasteiger partial charge in [-0.05, 0) is 24.0 Å². The topological polar surface area (TPSA) is 96.9 Å². The fourth-order valence-corrected chi connectivity index (χ4v) is 5.77. The smallest absolute Gasteiger partial charge is 0.415 e. The molecule has 4 aromatic rings. The summed E-state index contributed by atoms with van der Waals surface area (Å²) in [4.78, 5) is 37.5. The molecule has 0 aliphatic rings. The van der Waals surface area contributed by atoms with Crippen molar-refractivity contribution in [2.24, 2.45) is 0 Å². The Labute approximate surface area is 236 Å². The van der Waals surface area contributed by atoms with Gasteiger partial charge in [-0.3, -0.25) is 19.8 Å². The number of nitrogens with zero attached hydrogens (tertiary/aromatic N) is 4. The molecule has 11 heteroatoms. The Hall–Kier alpha value is -3.80. The minimum absolute atomic E-state index is 0.271. The number of carbonyl (C=O) groups excluding carboxylic acids is 2. The van der Waals surface area contributed by atoms with Crippen molar-refractivity contribution in [2.75, 3.05) is 37.1 Å². The van der Waals surface area contributed by atoms with E-state index in [1.165, 1.54) is 36.9 Å². The zero-order chi connectivity index (χ0) is 27.5.